The predicted octanol–water partition coefficient (Wildman–Crippen LogP) is 5.06. The van der Waals surface area contributed by atoms with Crippen molar-refractivity contribution in [1.29, 1.82) is 0 Å². The molecule has 0 fully saturated rings. The van der Waals surface area contributed by atoms with Crippen LogP contribution >= 0.6 is 11.6 Å². The zero-order valence-electron chi connectivity index (χ0n) is 16.4. The molecule has 0 aliphatic carbocycles. The third-order valence-electron chi connectivity index (χ3n) is 4.60. The van der Waals surface area contributed by atoms with E-state index in [-0.39, 0.29) is 11.5 Å². The first-order valence-corrected chi connectivity index (χ1v) is 9.71. The van der Waals surface area contributed by atoms with E-state index >= 15 is 0 Å². The van der Waals surface area contributed by atoms with Crippen molar-refractivity contribution in [1.82, 2.24) is 15.5 Å². The second-order valence-electron chi connectivity index (χ2n) is 6.61. The van der Waals surface area contributed by atoms with Crippen LogP contribution in [0.4, 0.5) is 4.39 Å². The number of carbonyl (C=O) groups is 1. The SMILES string of the molecule is COc1cc(Cl)ccc1C(=O)N[C@@H](c1ccc(F)cc1)c1nnc(-c2ccccc2)o1. The lowest BCUT2D eigenvalue weighted by Crippen LogP contribution is -2.30. The fourth-order valence-electron chi connectivity index (χ4n) is 3.05. The third kappa shape index (κ3) is 4.57. The average Bonchev–Trinajstić information content (AvgIpc) is 3.28. The van der Waals surface area contributed by atoms with Crippen molar-refractivity contribution in [3.63, 3.8) is 0 Å². The Morgan fingerprint density at radius 3 is 2.52 bits per heavy atom. The van der Waals surface area contributed by atoms with Crippen LogP contribution in [-0.2, 0) is 0 Å². The van der Waals surface area contributed by atoms with Gasteiger partial charge in [0.2, 0.25) is 11.8 Å². The number of ether oxygens (including phenoxy) is 1. The van der Waals surface area contributed by atoms with Crippen molar-refractivity contribution in [3.8, 4) is 17.2 Å². The van der Waals surface area contributed by atoms with Gasteiger partial charge in [0, 0.05) is 10.6 Å². The summed E-state index contributed by atoms with van der Waals surface area (Å²) in [7, 11) is 1.45. The summed E-state index contributed by atoms with van der Waals surface area (Å²) in [4.78, 5) is 13.0. The predicted molar refractivity (Wildman–Crippen MR) is 113 cm³/mol. The van der Waals surface area contributed by atoms with E-state index < -0.39 is 17.8 Å². The summed E-state index contributed by atoms with van der Waals surface area (Å²) < 4.78 is 24.6. The topological polar surface area (TPSA) is 77.2 Å². The number of methoxy groups -OCH3 is 1. The molecule has 3 aromatic carbocycles. The van der Waals surface area contributed by atoms with E-state index in [1.165, 1.54) is 19.2 Å². The second kappa shape index (κ2) is 8.97. The van der Waals surface area contributed by atoms with E-state index in [1.807, 2.05) is 30.3 Å². The van der Waals surface area contributed by atoms with Gasteiger partial charge in [-0.2, -0.15) is 0 Å². The minimum absolute atomic E-state index is 0.159. The number of nitrogens with zero attached hydrogens (tertiary/aromatic N) is 2. The number of nitrogens with one attached hydrogen (secondary N) is 1. The van der Waals surface area contributed by atoms with Gasteiger partial charge in [-0.05, 0) is 48.0 Å². The van der Waals surface area contributed by atoms with Gasteiger partial charge < -0.3 is 14.5 Å². The van der Waals surface area contributed by atoms with Crippen LogP contribution < -0.4 is 10.1 Å². The standard InChI is InChI=1S/C23H17ClFN3O3/c1-30-19-13-16(24)9-12-18(19)21(29)26-20(14-7-10-17(25)11-8-14)23-28-27-22(31-23)15-5-3-2-4-6-15/h2-13,20H,1H3,(H,26,29)/t20-/m0/s1. The second-order valence-corrected chi connectivity index (χ2v) is 7.05. The van der Waals surface area contributed by atoms with Gasteiger partial charge in [-0.25, -0.2) is 4.39 Å². The Bertz CT molecular complexity index is 1200. The fourth-order valence-corrected chi connectivity index (χ4v) is 3.22. The summed E-state index contributed by atoms with van der Waals surface area (Å²) in [5.41, 5.74) is 1.59. The van der Waals surface area contributed by atoms with Gasteiger partial charge in [-0.1, -0.05) is 41.9 Å². The van der Waals surface area contributed by atoms with Gasteiger partial charge in [0.15, 0.2) is 0 Å². The van der Waals surface area contributed by atoms with Gasteiger partial charge in [-0.15, -0.1) is 10.2 Å². The molecule has 1 N–H and O–H groups in total. The van der Waals surface area contributed by atoms with Gasteiger partial charge >= 0.3 is 0 Å². The number of hydrogen-bond acceptors (Lipinski definition) is 5. The Labute approximate surface area is 182 Å². The molecule has 0 saturated carbocycles. The minimum atomic E-state index is -0.807. The molecule has 0 aliphatic heterocycles. The van der Waals surface area contributed by atoms with Crippen LogP contribution in [0, 0.1) is 5.82 Å². The lowest BCUT2D eigenvalue weighted by atomic mass is 10.1. The molecule has 1 amide bonds. The van der Waals surface area contributed by atoms with Gasteiger partial charge in [-0.3, -0.25) is 4.79 Å². The van der Waals surface area contributed by atoms with Crippen molar-refractivity contribution in [2.24, 2.45) is 0 Å². The van der Waals surface area contributed by atoms with Crippen molar-refractivity contribution >= 4 is 17.5 Å². The summed E-state index contributed by atoms with van der Waals surface area (Å²) >= 11 is 5.99. The molecule has 8 heteroatoms. The van der Waals surface area contributed by atoms with E-state index in [0.717, 1.165) is 5.56 Å². The van der Waals surface area contributed by atoms with E-state index in [4.69, 9.17) is 20.8 Å². The Morgan fingerprint density at radius 2 is 1.81 bits per heavy atom. The summed E-state index contributed by atoms with van der Waals surface area (Å²) in [6.07, 6.45) is 0. The van der Waals surface area contributed by atoms with Crippen LogP contribution in [0.3, 0.4) is 0 Å². The lowest BCUT2D eigenvalue weighted by molar-refractivity contribution is 0.0935. The molecule has 0 radical (unpaired) electrons. The van der Waals surface area contributed by atoms with E-state index in [1.54, 1.807) is 30.3 Å². The Hall–Kier alpha value is -3.71. The van der Waals surface area contributed by atoms with Crippen molar-refractivity contribution in [3.05, 3.63) is 101 Å². The lowest BCUT2D eigenvalue weighted by Gasteiger charge is -2.17. The summed E-state index contributed by atoms with van der Waals surface area (Å²) in [5.74, 6) is -0.0582. The molecule has 0 unspecified atom stereocenters. The number of rotatable bonds is 6. The number of amides is 1. The number of aromatic nitrogens is 2. The van der Waals surface area contributed by atoms with Crippen molar-refractivity contribution in [2.45, 2.75) is 6.04 Å². The van der Waals surface area contributed by atoms with E-state index in [9.17, 15) is 9.18 Å². The Kier molecular flexibility index (Phi) is 5.95. The molecular formula is C23H17ClFN3O3. The molecule has 156 valence electrons. The first-order valence-electron chi connectivity index (χ1n) is 9.34. The highest BCUT2D eigenvalue weighted by Crippen LogP contribution is 2.28. The van der Waals surface area contributed by atoms with Gasteiger partial charge in [0.1, 0.15) is 17.6 Å². The van der Waals surface area contributed by atoms with Crippen LogP contribution in [0.15, 0.2) is 77.2 Å². The average molecular weight is 438 g/mol. The number of halogens is 2. The van der Waals surface area contributed by atoms with Crippen LogP contribution in [-0.4, -0.2) is 23.2 Å². The van der Waals surface area contributed by atoms with Crippen molar-refractivity contribution in [2.75, 3.05) is 7.11 Å². The van der Waals surface area contributed by atoms with Crippen LogP contribution in [0.5, 0.6) is 5.75 Å². The van der Waals surface area contributed by atoms with Gasteiger partial charge in [0.05, 0.1) is 12.7 Å². The molecule has 0 spiro atoms. The first-order chi connectivity index (χ1) is 15.0. The molecule has 1 atom stereocenters. The summed E-state index contributed by atoms with van der Waals surface area (Å²) in [5, 5.41) is 11.5. The normalized spacial score (nSPS) is 11.7. The van der Waals surface area contributed by atoms with Crippen LogP contribution in [0.2, 0.25) is 5.02 Å². The maximum atomic E-state index is 13.5. The first kappa shape index (κ1) is 20.6. The summed E-state index contributed by atoms with van der Waals surface area (Å²) in [6, 6.07) is 18.8. The molecule has 0 saturated heterocycles. The molecule has 4 aromatic rings. The highest BCUT2D eigenvalue weighted by atomic mass is 35.5. The number of carbonyl (C=O) groups excluding carboxylic acids is 1. The van der Waals surface area contributed by atoms with Crippen molar-refractivity contribution < 1.29 is 18.3 Å². The third-order valence-corrected chi connectivity index (χ3v) is 4.83. The number of hydrogen-bond donors (Lipinski definition) is 1. The van der Waals surface area contributed by atoms with E-state index in [2.05, 4.69) is 15.5 Å². The smallest absolute Gasteiger partial charge is 0.255 e. The Morgan fingerprint density at radius 1 is 1.06 bits per heavy atom. The maximum Gasteiger partial charge on any atom is 0.255 e. The molecule has 1 aromatic heterocycles. The molecule has 0 aliphatic rings. The van der Waals surface area contributed by atoms with Crippen LogP contribution in [0.1, 0.15) is 27.9 Å². The van der Waals surface area contributed by atoms with E-state index in [0.29, 0.717) is 22.2 Å². The molecule has 6 nitrogen and oxygen atoms in total. The molecule has 1 heterocycles. The zero-order chi connectivity index (χ0) is 21.8. The molecule has 0 bridgehead atoms. The zero-order valence-corrected chi connectivity index (χ0v) is 17.1. The fraction of sp³-hybridized carbons (Fsp3) is 0.0870. The minimum Gasteiger partial charge on any atom is -0.496 e. The maximum absolute atomic E-state index is 13.5. The highest BCUT2D eigenvalue weighted by molar-refractivity contribution is 6.30. The Balaban J connectivity index is 1.70. The monoisotopic (exact) mass is 437 g/mol. The van der Waals surface area contributed by atoms with Crippen LogP contribution in [0.25, 0.3) is 11.5 Å². The molecule has 4 rings (SSSR count). The summed E-state index contributed by atoms with van der Waals surface area (Å²) in [6.45, 7) is 0. The quantitative estimate of drug-likeness (QED) is 0.456. The largest absolute Gasteiger partial charge is 0.496 e. The number of benzene rings is 3. The highest BCUT2D eigenvalue weighted by Gasteiger charge is 2.25. The van der Waals surface area contributed by atoms with Gasteiger partial charge in [0.25, 0.3) is 5.91 Å². The molecule has 31 heavy (non-hydrogen) atoms. The molecular weight excluding hydrogens is 421 g/mol.